The topological polar surface area (TPSA) is 98.0 Å². The molecule has 18 heavy (non-hydrogen) atoms. The minimum absolute atomic E-state index is 0.0916. The maximum absolute atomic E-state index is 11.4. The molecule has 6 nitrogen and oxygen atoms in total. The molecule has 0 amide bonds. The van der Waals surface area contributed by atoms with E-state index >= 15 is 0 Å². The van der Waals surface area contributed by atoms with E-state index in [-0.39, 0.29) is 11.5 Å². The number of aryl methyl sites for hydroxylation is 1. The van der Waals surface area contributed by atoms with Gasteiger partial charge in [-0.1, -0.05) is 13.8 Å². The first-order chi connectivity index (χ1) is 8.39. The third kappa shape index (κ3) is 3.83. The van der Waals surface area contributed by atoms with Gasteiger partial charge in [-0.25, -0.2) is 18.4 Å². The van der Waals surface area contributed by atoms with E-state index in [4.69, 9.17) is 5.73 Å². The Kier molecular flexibility index (Phi) is 4.89. The molecule has 102 valence electrons. The highest BCUT2D eigenvalue weighted by atomic mass is 32.2. The number of hydrogen-bond acceptors (Lipinski definition) is 6. The molecule has 0 aliphatic heterocycles. The van der Waals surface area contributed by atoms with Crippen LogP contribution in [0.5, 0.6) is 0 Å². The lowest BCUT2D eigenvalue weighted by molar-refractivity contribution is 0.597. The van der Waals surface area contributed by atoms with Gasteiger partial charge in [0.05, 0.1) is 5.75 Å². The van der Waals surface area contributed by atoms with Gasteiger partial charge < -0.3 is 11.1 Å². The van der Waals surface area contributed by atoms with Crippen molar-refractivity contribution in [3.05, 3.63) is 11.4 Å². The van der Waals surface area contributed by atoms with Crippen molar-refractivity contribution >= 4 is 21.5 Å². The first-order valence-electron chi connectivity index (χ1n) is 5.97. The van der Waals surface area contributed by atoms with Gasteiger partial charge >= 0.3 is 0 Å². The van der Waals surface area contributed by atoms with E-state index in [2.05, 4.69) is 15.3 Å². The van der Waals surface area contributed by atoms with Crippen molar-refractivity contribution < 1.29 is 8.42 Å². The largest absolute Gasteiger partial charge is 0.383 e. The number of sulfone groups is 1. The normalized spacial score (nSPS) is 11.5. The maximum atomic E-state index is 11.4. The van der Waals surface area contributed by atoms with Crippen LogP contribution >= 0.6 is 0 Å². The summed E-state index contributed by atoms with van der Waals surface area (Å²) in [4.78, 5) is 8.43. The molecule has 0 unspecified atom stereocenters. The van der Waals surface area contributed by atoms with Gasteiger partial charge in [-0.3, -0.25) is 0 Å². The summed E-state index contributed by atoms with van der Waals surface area (Å²) < 4.78 is 22.7. The number of nitrogens with zero attached hydrogens (tertiary/aromatic N) is 2. The molecule has 0 saturated heterocycles. The Bertz CT molecular complexity index is 514. The van der Waals surface area contributed by atoms with Crippen LogP contribution in [0.25, 0.3) is 0 Å². The van der Waals surface area contributed by atoms with Crippen molar-refractivity contribution in [3.8, 4) is 0 Å². The zero-order valence-electron chi connectivity index (χ0n) is 11.0. The highest BCUT2D eigenvalue weighted by Crippen LogP contribution is 2.17. The Hall–Kier alpha value is -1.37. The molecule has 0 atom stereocenters. The van der Waals surface area contributed by atoms with Crippen LogP contribution in [0.1, 0.15) is 25.2 Å². The molecule has 0 aliphatic carbocycles. The van der Waals surface area contributed by atoms with Crippen molar-refractivity contribution in [2.24, 2.45) is 0 Å². The van der Waals surface area contributed by atoms with Gasteiger partial charge in [0.1, 0.15) is 17.5 Å². The summed E-state index contributed by atoms with van der Waals surface area (Å²) in [6, 6.07) is 0. The molecular weight excluding hydrogens is 252 g/mol. The summed E-state index contributed by atoms with van der Waals surface area (Å²) in [6.07, 6.45) is 0.687. The van der Waals surface area contributed by atoms with Crippen LogP contribution in [0.3, 0.4) is 0 Å². The first kappa shape index (κ1) is 14.7. The van der Waals surface area contributed by atoms with Gasteiger partial charge in [0.25, 0.3) is 0 Å². The molecule has 1 heterocycles. The molecule has 0 aromatic carbocycles. The quantitative estimate of drug-likeness (QED) is 0.794. The molecule has 0 saturated carbocycles. The summed E-state index contributed by atoms with van der Waals surface area (Å²) in [7, 11) is -2.97. The molecule has 7 heteroatoms. The predicted octanol–water partition coefficient (Wildman–Crippen LogP) is 0.776. The van der Waals surface area contributed by atoms with Crippen molar-refractivity contribution in [3.63, 3.8) is 0 Å². The van der Waals surface area contributed by atoms with E-state index < -0.39 is 9.84 Å². The molecule has 0 spiro atoms. The Morgan fingerprint density at radius 2 is 1.94 bits per heavy atom. The molecular formula is C11H20N4O2S. The molecule has 0 fully saturated rings. The van der Waals surface area contributed by atoms with E-state index in [1.54, 1.807) is 6.92 Å². The fourth-order valence-corrected chi connectivity index (χ4v) is 2.08. The second-order valence-electron chi connectivity index (χ2n) is 4.02. The maximum Gasteiger partial charge on any atom is 0.151 e. The Morgan fingerprint density at radius 1 is 1.28 bits per heavy atom. The van der Waals surface area contributed by atoms with Gasteiger partial charge in [-0.05, 0) is 6.92 Å². The number of rotatable bonds is 6. The molecule has 0 bridgehead atoms. The zero-order valence-corrected chi connectivity index (χ0v) is 11.8. The minimum atomic E-state index is -2.97. The molecule has 0 radical (unpaired) electrons. The van der Waals surface area contributed by atoms with Crippen LogP contribution in [0.4, 0.5) is 11.6 Å². The Balaban J connectivity index is 2.76. The Labute approximate surface area is 108 Å². The van der Waals surface area contributed by atoms with Crippen LogP contribution < -0.4 is 11.1 Å². The summed E-state index contributed by atoms with van der Waals surface area (Å²) in [5.41, 5.74) is 6.52. The van der Waals surface area contributed by atoms with E-state index in [1.165, 1.54) is 0 Å². The van der Waals surface area contributed by atoms with Crippen molar-refractivity contribution in [2.45, 2.75) is 27.2 Å². The smallest absolute Gasteiger partial charge is 0.151 e. The number of nitrogen functional groups attached to an aromatic ring is 1. The number of anilines is 2. The number of aromatic nitrogens is 2. The van der Waals surface area contributed by atoms with Gasteiger partial charge in [0.2, 0.25) is 0 Å². The average Bonchev–Trinajstić information content (AvgIpc) is 2.34. The van der Waals surface area contributed by atoms with E-state index in [1.807, 2.05) is 13.8 Å². The molecule has 1 aromatic heterocycles. The van der Waals surface area contributed by atoms with Crippen LogP contribution in [0, 0.1) is 6.92 Å². The lowest BCUT2D eigenvalue weighted by atomic mass is 10.3. The molecule has 1 aromatic rings. The summed E-state index contributed by atoms with van der Waals surface area (Å²) in [5, 5.41) is 3.01. The van der Waals surface area contributed by atoms with Gasteiger partial charge in [0.15, 0.2) is 9.84 Å². The second kappa shape index (κ2) is 5.99. The lowest BCUT2D eigenvalue weighted by Gasteiger charge is -2.11. The van der Waals surface area contributed by atoms with E-state index in [0.717, 1.165) is 5.56 Å². The van der Waals surface area contributed by atoms with Gasteiger partial charge in [-0.2, -0.15) is 0 Å². The monoisotopic (exact) mass is 272 g/mol. The average molecular weight is 272 g/mol. The lowest BCUT2D eigenvalue weighted by Crippen LogP contribution is -2.19. The third-order valence-electron chi connectivity index (χ3n) is 2.69. The van der Waals surface area contributed by atoms with Gasteiger partial charge in [0, 0.05) is 24.3 Å². The van der Waals surface area contributed by atoms with E-state index in [0.29, 0.717) is 30.4 Å². The Morgan fingerprint density at radius 3 is 2.50 bits per heavy atom. The predicted molar refractivity (Wildman–Crippen MR) is 73.4 cm³/mol. The number of nitrogens with one attached hydrogen (secondary N) is 1. The van der Waals surface area contributed by atoms with Gasteiger partial charge in [-0.15, -0.1) is 0 Å². The fourth-order valence-electron chi connectivity index (χ4n) is 1.38. The second-order valence-corrected chi connectivity index (χ2v) is 6.49. The highest BCUT2D eigenvalue weighted by Gasteiger charge is 2.10. The number of hydrogen-bond donors (Lipinski definition) is 2. The van der Waals surface area contributed by atoms with Crippen LogP contribution in [0.2, 0.25) is 0 Å². The van der Waals surface area contributed by atoms with Crippen molar-refractivity contribution in [1.82, 2.24) is 9.97 Å². The van der Waals surface area contributed by atoms with E-state index in [9.17, 15) is 8.42 Å². The fraction of sp³-hybridized carbons (Fsp3) is 0.636. The van der Waals surface area contributed by atoms with Crippen LogP contribution in [-0.4, -0.2) is 36.4 Å². The summed E-state index contributed by atoms with van der Waals surface area (Å²) in [6.45, 7) is 5.72. The molecule has 1 rings (SSSR count). The third-order valence-corrected chi connectivity index (χ3v) is 4.40. The zero-order chi connectivity index (χ0) is 13.8. The minimum Gasteiger partial charge on any atom is -0.383 e. The summed E-state index contributed by atoms with van der Waals surface area (Å²) in [5.74, 6) is 1.95. The first-order valence-corrected chi connectivity index (χ1v) is 7.79. The molecule has 3 N–H and O–H groups in total. The standard InChI is InChI=1S/C11H20N4O2S/c1-4-9-14-10(12)8(3)11(15-9)13-6-7-18(16,17)5-2/h4-7H2,1-3H3,(H3,12,13,14,15). The van der Waals surface area contributed by atoms with Crippen molar-refractivity contribution in [2.75, 3.05) is 29.1 Å². The van der Waals surface area contributed by atoms with Crippen LogP contribution in [0.15, 0.2) is 0 Å². The number of nitrogens with two attached hydrogens (primary N) is 1. The SMILES string of the molecule is CCc1nc(N)c(C)c(NCCS(=O)(=O)CC)n1. The highest BCUT2D eigenvalue weighted by molar-refractivity contribution is 7.91. The molecule has 0 aliphatic rings. The van der Waals surface area contributed by atoms with Crippen LogP contribution in [-0.2, 0) is 16.3 Å². The van der Waals surface area contributed by atoms with Crippen molar-refractivity contribution in [1.29, 1.82) is 0 Å². The summed E-state index contributed by atoms with van der Waals surface area (Å²) >= 11 is 0.